The van der Waals surface area contributed by atoms with Crippen LogP contribution < -0.4 is 10.5 Å². The number of fused-ring (bicyclic) bond motifs is 1. The number of nitrogens with one attached hydrogen (secondary N) is 2. The molecule has 0 radical (unpaired) electrons. The van der Waals surface area contributed by atoms with E-state index in [-0.39, 0.29) is 23.7 Å². The molecule has 2 atom stereocenters. The number of nitrogens with zero attached hydrogens (tertiary/aromatic N) is 4. The number of aliphatic hydroxyl groups excluding tert-OH is 1. The van der Waals surface area contributed by atoms with Crippen molar-refractivity contribution < 1.29 is 10.0 Å². The summed E-state index contributed by atoms with van der Waals surface area (Å²) in [5.74, 6) is 0.775. The molecule has 3 aromatic rings. The number of aromatic amines is 1. The van der Waals surface area contributed by atoms with Gasteiger partial charge in [-0.1, -0.05) is 6.92 Å². The molecular weight excluding hydrogens is 380 g/mol. The van der Waals surface area contributed by atoms with Gasteiger partial charge in [-0.25, -0.2) is 4.68 Å². The summed E-state index contributed by atoms with van der Waals surface area (Å²) in [6.07, 6.45) is 0.787. The zero-order valence-corrected chi connectivity index (χ0v) is 18.8. The number of aryl methyl sites for hydroxylation is 2. The van der Waals surface area contributed by atoms with Gasteiger partial charge in [0.05, 0.1) is 17.7 Å². The molecule has 0 fully saturated rings. The van der Waals surface area contributed by atoms with Gasteiger partial charge in [0.15, 0.2) is 0 Å². The number of aliphatic hydroxyl groups is 1. The highest BCUT2D eigenvalue weighted by Gasteiger charge is 2.32. The Balaban J connectivity index is 2.01. The smallest absolute Gasteiger partial charge is 0.257 e. The van der Waals surface area contributed by atoms with Crippen molar-refractivity contribution in [1.82, 2.24) is 25.2 Å². The van der Waals surface area contributed by atoms with Crippen LogP contribution >= 0.6 is 0 Å². The van der Waals surface area contributed by atoms with Crippen LogP contribution in [0.4, 0.5) is 0 Å². The Morgan fingerprint density at radius 3 is 2.53 bits per heavy atom. The molecule has 2 aromatic heterocycles. The summed E-state index contributed by atoms with van der Waals surface area (Å²) < 4.78 is 1.84. The van der Waals surface area contributed by atoms with Crippen molar-refractivity contribution in [3.63, 3.8) is 0 Å². The molecule has 0 aliphatic carbocycles. The van der Waals surface area contributed by atoms with Crippen molar-refractivity contribution >= 4 is 10.9 Å². The second kappa shape index (κ2) is 8.65. The van der Waals surface area contributed by atoms with Gasteiger partial charge in [0.2, 0.25) is 5.82 Å². The molecule has 0 bridgehead atoms. The molecule has 0 saturated heterocycles. The van der Waals surface area contributed by atoms with Crippen LogP contribution in [0.5, 0.6) is 0 Å². The van der Waals surface area contributed by atoms with E-state index in [0.29, 0.717) is 18.7 Å². The molecule has 0 aliphatic rings. The van der Waals surface area contributed by atoms with E-state index in [2.05, 4.69) is 61.2 Å². The van der Waals surface area contributed by atoms with Crippen LogP contribution in [0, 0.1) is 13.8 Å². The molecule has 3 N–H and O–H groups in total. The largest absolute Gasteiger partial charge is 0.391 e. The summed E-state index contributed by atoms with van der Waals surface area (Å²) in [7, 11) is 0. The van der Waals surface area contributed by atoms with Crippen molar-refractivity contribution in [3.8, 4) is 0 Å². The maximum absolute atomic E-state index is 12.8. The van der Waals surface area contributed by atoms with E-state index in [4.69, 9.17) is 0 Å². The monoisotopic (exact) mass is 413 g/mol. The van der Waals surface area contributed by atoms with Crippen LogP contribution in [0.3, 0.4) is 0 Å². The normalized spacial score (nSPS) is 14.2. The summed E-state index contributed by atoms with van der Waals surface area (Å²) in [6, 6.07) is 6.05. The second-order valence-electron chi connectivity index (χ2n) is 9.04. The highest BCUT2D eigenvalue weighted by atomic mass is 16.3. The van der Waals surface area contributed by atoms with Gasteiger partial charge in [0.25, 0.3) is 5.56 Å². The highest BCUT2D eigenvalue weighted by molar-refractivity contribution is 5.80. The Hall–Kier alpha value is -2.58. The lowest BCUT2D eigenvalue weighted by Gasteiger charge is -2.29. The van der Waals surface area contributed by atoms with E-state index in [0.717, 1.165) is 33.6 Å². The highest BCUT2D eigenvalue weighted by Crippen LogP contribution is 2.20. The van der Waals surface area contributed by atoms with Gasteiger partial charge in [0, 0.05) is 11.9 Å². The van der Waals surface area contributed by atoms with E-state index in [1.807, 2.05) is 23.7 Å². The van der Waals surface area contributed by atoms with Gasteiger partial charge in [-0.2, -0.15) is 0 Å². The topological polar surface area (TPSA) is 101 Å². The Labute approximate surface area is 176 Å². The number of hydrogen-bond acceptors (Lipinski definition) is 5. The van der Waals surface area contributed by atoms with Crippen LogP contribution in [0.25, 0.3) is 10.9 Å². The first-order chi connectivity index (χ1) is 14.2. The minimum atomic E-state index is -0.258. The standard InChI is InChI=1S/C22H32N6O2/c1-7-19(20-24-25-26-28(20)22(4,5)6)27(8-9-29)13-17-12-16-10-14(2)15(3)11-18(16)23-21(17)30/h10-12,19,29H,7-9,13H2,1-6H3,(H,23,30)/p+1/t19-/m0/s1. The van der Waals surface area contributed by atoms with Gasteiger partial charge in [-0.05, 0) is 79.8 Å². The Bertz CT molecular complexity index is 1080. The van der Waals surface area contributed by atoms with E-state index in [1.165, 1.54) is 5.56 Å². The molecule has 8 heteroatoms. The van der Waals surface area contributed by atoms with E-state index in [1.54, 1.807) is 0 Å². The molecule has 3 rings (SSSR count). The summed E-state index contributed by atoms with van der Waals surface area (Å²) >= 11 is 0. The number of tetrazole rings is 1. The minimum absolute atomic E-state index is 0.0205. The van der Waals surface area contributed by atoms with Gasteiger partial charge >= 0.3 is 0 Å². The predicted octanol–water partition coefficient (Wildman–Crippen LogP) is 1.41. The van der Waals surface area contributed by atoms with Crippen LogP contribution in [-0.4, -0.2) is 43.4 Å². The molecule has 0 aliphatic heterocycles. The van der Waals surface area contributed by atoms with E-state index < -0.39 is 0 Å². The van der Waals surface area contributed by atoms with Gasteiger partial charge in [0.1, 0.15) is 19.1 Å². The molecule has 30 heavy (non-hydrogen) atoms. The van der Waals surface area contributed by atoms with Crippen molar-refractivity contribution in [1.29, 1.82) is 0 Å². The van der Waals surface area contributed by atoms with Crippen molar-refractivity contribution in [2.24, 2.45) is 0 Å². The summed E-state index contributed by atoms with van der Waals surface area (Å²) in [5, 5.41) is 23.1. The molecule has 162 valence electrons. The molecule has 0 spiro atoms. The first-order valence-corrected chi connectivity index (χ1v) is 10.5. The quantitative estimate of drug-likeness (QED) is 0.544. The lowest BCUT2D eigenvalue weighted by Crippen LogP contribution is -3.11. The fourth-order valence-corrected chi connectivity index (χ4v) is 3.97. The average molecular weight is 414 g/mol. The maximum Gasteiger partial charge on any atom is 0.257 e. The number of quaternary nitrogens is 1. The summed E-state index contributed by atoms with van der Waals surface area (Å²) in [4.78, 5) is 16.9. The van der Waals surface area contributed by atoms with Gasteiger partial charge in [-0.3, -0.25) is 4.79 Å². The molecule has 1 aromatic carbocycles. The number of rotatable bonds is 7. The fraction of sp³-hybridized carbons (Fsp3) is 0.545. The van der Waals surface area contributed by atoms with Crippen LogP contribution in [0.15, 0.2) is 23.0 Å². The van der Waals surface area contributed by atoms with Crippen molar-refractivity contribution in [2.45, 2.75) is 66.1 Å². The lowest BCUT2D eigenvalue weighted by atomic mass is 10.0. The molecule has 2 heterocycles. The van der Waals surface area contributed by atoms with Crippen LogP contribution in [-0.2, 0) is 12.1 Å². The zero-order valence-electron chi connectivity index (χ0n) is 18.8. The average Bonchev–Trinajstić information content (AvgIpc) is 3.15. The molecule has 1 unspecified atom stereocenters. The summed E-state index contributed by atoms with van der Waals surface area (Å²) in [6.45, 7) is 13.4. The first-order valence-electron chi connectivity index (χ1n) is 10.5. The SMILES string of the molecule is CC[C@@H](c1nnnn1C(C)(C)C)[NH+](CCO)Cc1cc2cc(C)c(C)cc2[nH]c1=O. The number of hydrogen-bond donors (Lipinski definition) is 3. The number of aromatic nitrogens is 5. The van der Waals surface area contributed by atoms with Crippen LogP contribution in [0.1, 0.15) is 62.7 Å². The first kappa shape index (κ1) is 22.1. The summed E-state index contributed by atoms with van der Waals surface area (Å²) in [5.41, 5.74) is 3.54. The molecule has 0 saturated carbocycles. The molecular formula is C22H33N6O2+. The number of benzene rings is 1. The van der Waals surface area contributed by atoms with E-state index in [9.17, 15) is 9.90 Å². The number of H-pyrrole nitrogens is 1. The van der Waals surface area contributed by atoms with Crippen molar-refractivity contribution in [2.75, 3.05) is 13.2 Å². The van der Waals surface area contributed by atoms with Crippen molar-refractivity contribution in [3.05, 3.63) is 51.1 Å². The number of pyridine rings is 1. The Morgan fingerprint density at radius 2 is 1.90 bits per heavy atom. The second-order valence-corrected chi connectivity index (χ2v) is 9.04. The fourth-order valence-electron chi connectivity index (χ4n) is 3.97. The van der Waals surface area contributed by atoms with Crippen LogP contribution in [0.2, 0.25) is 0 Å². The Kier molecular flexibility index (Phi) is 6.38. The molecule has 8 nitrogen and oxygen atoms in total. The van der Waals surface area contributed by atoms with Gasteiger partial charge in [-0.15, -0.1) is 5.10 Å². The van der Waals surface area contributed by atoms with Gasteiger partial charge < -0.3 is 15.0 Å². The Morgan fingerprint density at radius 1 is 1.20 bits per heavy atom. The zero-order chi connectivity index (χ0) is 22.1. The molecule has 0 amide bonds. The van der Waals surface area contributed by atoms with E-state index >= 15 is 0 Å². The maximum atomic E-state index is 12.8. The lowest BCUT2D eigenvalue weighted by molar-refractivity contribution is -0.946. The third kappa shape index (κ3) is 4.44. The third-order valence-electron chi connectivity index (χ3n) is 5.73. The predicted molar refractivity (Wildman–Crippen MR) is 117 cm³/mol. The third-order valence-corrected chi connectivity index (χ3v) is 5.73. The minimum Gasteiger partial charge on any atom is -0.391 e.